The number of ether oxygens (including phenoxy) is 1. The molecule has 3 aliphatic heterocycles. The molecule has 98 valence electrons. The zero-order valence-electron chi connectivity index (χ0n) is 10.8. The van der Waals surface area contributed by atoms with E-state index in [1.807, 2.05) is 0 Å². The third-order valence-electron chi connectivity index (χ3n) is 4.52. The molecule has 3 saturated heterocycles. The first-order chi connectivity index (χ1) is 8.42. The Morgan fingerprint density at radius 3 is 2.18 bits per heavy atom. The maximum atomic E-state index is 5.51. The molecule has 0 aromatic carbocycles. The summed E-state index contributed by atoms with van der Waals surface area (Å²) in [5.74, 6) is 0.165. The number of hydrogen-bond acceptors (Lipinski definition) is 4. The van der Waals surface area contributed by atoms with Gasteiger partial charge in [-0.2, -0.15) is 0 Å². The molecule has 0 radical (unpaired) electrons. The van der Waals surface area contributed by atoms with Crippen LogP contribution >= 0.6 is 0 Å². The molecule has 4 nitrogen and oxygen atoms in total. The fraction of sp³-hybridized carbons (Fsp3) is 1.00. The highest BCUT2D eigenvalue weighted by molar-refractivity contribution is 4.93. The van der Waals surface area contributed by atoms with Crippen molar-refractivity contribution in [1.29, 1.82) is 0 Å². The molecule has 4 heteroatoms. The summed E-state index contributed by atoms with van der Waals surface area (Å²) < 4.78 is 5.51. The topological polar surface area (TPSA) is 27.7 Å². The Morgan fingerprint density at radius 1 is 0.824 bits per heavy atom. The van der Waals surface area contributed by atoms with E-state index in [1.165, 1.54) is 51.7 Å². The molecule has 0 aromatic rings. The minimum atomic E-state index is 0.165. The van der Waals surface area contributed by atoms with Crippen molar-refractivity contribution in [2.45, 2.75) is 37.9 Å². The predicted octanol–water partition coefficient (Wildman–Crippen LogP) is 0.842. The molecule has 0 spiro atoms. The molecule has 3 heterocycles. The van der Waals surface area contributed by atoms with Crippen molar-refractivity contribution < 1.29 is 4.74 Å². The summed E-state index contributed by atoms with van der Waals surface area (Å²) in [4.78, 5) is 5.33. The Bertz CT molecular complexity index is 241. The van der Waals surface area contributed by atoms with E-state index in [0.29, 0.717) is 0 Å². The third kappa shape index (κ3) is 2.24. The Hall–Kier alpha value is -0.160. The number of rotatable bonds is 2. The van der Waals surface area contributed by atoms with Crippen molar-refractivity contribution in [3.05, 3.63) is 0 Å². The Balaban J connectivity index is 1.78. The van der Waals surface area contributed by atoms with E-state index >= 15 is 0 Å². The van der Waals surface area contributed by atoms with Crippen LogP contribution < -0.4 is 5.32 Å². The number of likely N-dealkylation sites (tertiary alicyclic amines) is 1. The highest BCUT2D eigenvalue weighted by Crippen LogP contribution is 2.31. The molecule has 0 saturated carbocycles. The van der Waals surface area contributed by atoms with E-state index in [-0.39, 0.29) is 5.79 Å². The second kappa shape index (κ2) is 5.22. The monoisotopic (exact) mass is 239 g/mol. The van der Waals surface area contributed by atoms with E-state index in [4.69, 9.17) is 4.74 Å². The lowest BCUT2D eigenvalue weighted by Crippen LogP contribution is -2.71. The second-order valence-corrected chi connectivity index (χ2v) is 5.49. The summed E-state index contributed by atoms with van der Waals surface area (Å²) in [5.41, 5.74) is 0. The van der Waals surface area contributed by atoms with Crippen LogP contribution in [0.5, 0.6) is 0 Å². The number of nitrogens with zero attached hydrogens (tertiary/aromatic N) is 2. The number of nitrogens with one attached hydrogen (secondary N) is 1. The Kier molecular flexibility index (Phi) is 3.66. The largest absolute Gasteiger partial charge is 0.379 e. The summed E-state index contributed by atoms with van der Waals surface area (Å²) in [5, 5.41) is 3.84. The summed E-state index contributed by atoms with van der Waals surface area (Å²) in [6.45, 7) is 7.68. The van der Waals surface area contributed by atoms with Gasteiger partial charge in [0.05, 0.1) is 13.2 Å². The summed E-state index contributed by atoms with van der Waals surface area (Å²) in [7, 11) is 0. The number of piperidine rings is 1. The summed E-state index contributed by atoms with van der Waals surface area (Å²) >= 11 is 0. The molecule has 0 amide bonds. The van der Waals surface area contributed by atoms with E-state index in [2.05, 4.69) is 15.1 Å². The van der Waals surface area contributed by atoms with Crippen LogP contribution in [0.3, 0.4) is 0 Å². The van der Waals surface area contributed by atoms with Crippen molar-refractivity contribution in [1.82, 2.24) is 15.1 Å². The van der Waals surface area contributed by atoms with Crippen LogP contribution in [-0.4, -0.2) is 61.5 Å². The van der Waals surface area contributed by atoms with Crippen LogP contribution in [0.25, 0.3) is 0 Å². The molecule has 3 fully saturated rings. The van der Waals surface area contributed by atoms with Crippen molar-refractivity contribution in [2.24, 2.45) is 0 Å². The predicted molar refractivity (Wildman–Crippen MR) is 67.8 cm³/mol. The van der Waals surface area contributed by atoms with Gasteiger partial charge in [-0.05, 0) is 38.6 Å². The molecule has 0 aromatic heterocycles. The van der Waals surface area contributed by atoms with Gasteiger partial charge in [0, 0.05) is 26.2 Å². The molecule has 0 bridgehead atoms. The molecule has 1 atom stereocenters. The van der Waals surface area contributed by atoms with E-state index in [1.54, 1.807) is 0 Å². The first kappa shape index (κ1) is 11.9. The maximum Gasteiger partial charge on any atom is 0.128 e. The fourth-order valence-corrected chi connectivity index (χ4v) is 3.63. The lowest BCUT2D eigenvalue weighted by molar-refractivity contribution is -0.126. The maximum absolute atomic E-state index is 5.51. The third-order valence-corrected chi connectivity index (χ3v) is 4.52. The quantitative estimate of drug-likeness (QED) is 0.773. The van der Waals surface area contributed by atoms with Crippen LogP contribution in [0.1, 0.15) is 32.1 Å². The van der Waals surface area contributed by atoms with E-state index < -0.39 is 0 Å². The minimum Gasteiger partial charge on any atom is -0.379 e. The SMILES string of the molecule is C1CCC(N2CCCC2)(N2CCOCC2)NC1. The molecular formula is C13H25N3O. The molecule has 1 unspecified atom stereocenters. The molecule has 3 rings (SSSR count). The second-order valence-electron chi connectivity index (χ2n) is 5.49. The minimum absolute atomic E-state index is 0.165. The molecular weight excluding hydrogens is 214 g/mol. The fourth-order valence-electron chi connectivity index (χ4n) is 3.63. The Labute approximate surface area is 104 Å². The lowest BCUT2D eigenvalue weighted by Gasteiger charge is -2.53. The van der Waals surface area contributed by atoms with Gasteiger partial charge < -0.3 is 4.74 Å². The average molecular weight is 239 g/mol. The number of hydrogen-bond donors (Lipinski definition) is 1. The highest BCUT2D eigenvalue weighted by Gasteiger charge is 2.44. The standard InChI is InChI=1S/C13H25N3O/c1-2-6-14-13(5-1,15-7-3-4-8-15)16-9-11-17-12-10-16/h14H,1-12H2. The van der Waals surface area contributed by atoms with Crippen LogP contribution in [0.2, 0.25) is 0 Å². The van der Waals surface area contributed by atoms with Gasteiger partial charge in [0.15, 0.2) is 0 Å². The van der Waals surface area contributed by atoms with Crippen molar-refractivity contribution in [3.8, 4) is 0 Å². The Morgan fingerprint density at radius 2 is 1.53 bits per heavy atom. The van der Waals surface area contributed by atoms with E-state index in [0.717, 1.165) is 26.3 Å². The lowest BCUT2D eigenvalue weighted by atomic mass is 10.0. The van der Waals surface area contributed by atoms with Gasteiger partial charge in [0.1, 0.15) is 5.79 Å². The van der Waals surface area contributed by atoms with Crippen molar-refractivity contribution in [3.63, 3.8) is 0 Å². The van der Waals surface area contributed by atoms with Crippen LogP contribution in [0.15, 0.2) is 0 Å². The zero-order valence-corrected chi connectivity index (χ0v) is 10.8. The first-order valence-electron chi connectivity index (χ1n) is 7.25. The zero-order chi connectivity index (χ0) is 11.6. The van der Waals surface area contributed by atoms with Gasteiger partial charge in [-0.3, -0.25) is 15.1 Å². The smallest absolute Gasteiger partial charge is 0.128 e. The molecule has 17 heavy (non-hydrogen) atoms. The van der Waals surface area contributed by atoms with Crippen molar-refractivity contribution in [2.75, 3.05) is 45.9 Å². The molecule has 3 aliphatic rings. The molecule has 1 N–H and O–H groups in total. The van der Waals surface area contributed by atoms with Gasteiger partial charge in [0.2, 0.25) is 0 Å². The van der Waals surface area contributed by atoms with Gasteiger partial charge in [-0.1, -0.05) is 0 Å². The average Bonchev–Trinajstić information content (AvgIpc) is 2.95. The van der Waals surface area contributed by atoms with Crippen molar-refractivity contribution >= 4 is 0 Å². The first-order valence-corrected chi connectivity index (χ1v) is 7.25. The summed E-state index contributed by atoms with van der Waals surface area (Å²) in [6.07, 6.45) is 6.72. The number of morpholine rings is 1. The van der Waals surface area contributed by atoms with Crippen LogP contribution in [-0.2, 0) is 4.74 Å². The van der Waals surface area contributed by atoms with Crippen LogP contribution in [0.4, 0.5) is 0 Å². The van der Waals surface area contributed by atoms with Gasteiger partial charge in [-0.15, -0.1) is 0 Å². The normalized spacial score (nSPS) is 37.4. The van der Waals surface area contributed by atoms with Gasteiger partial charge >= 0.3 is 0 Å². The van der Waals surface area contributed by atoms with Gasteiger partial charge in [-0.25, -0.2) is 0 Å². The van der Waals surface area contributed by atoms with Gasteiger partial charge in [0.25, 0.3) is 0 Å². The highest BCUT2D eigenvalue weighted by atomic mass is 16.5. The van der Waals surface area contributed by atoms with E-state index in [9.17, 15) is 0 Å². The summed E-state index contributed by atoms with van der Waals surface area (Å²) in [6, 6.07) is 0. The molecule has 0 aliphatic carbocycles. The van der Waals surface area contributed by atoms with Crippen LogP contribution in [0, 0.1) is 0 Å².